The number of fused-ring (bicyclic) bond motifs is 2. The molecule has 2 N–H and O–H groups in total. The molecule has 0 amide bonds. The average molecular weight is 277 g/mol. The Labute approximate surface area is 122 Å². The van der Waals surface area contributed by atoms with Gasteiger partial charge in [0.25, 0.3) is 0 Å². The van der Waals surface area contributed by atoms with Crippen molar-refractivity contribution in [3.05, 3.63) is 42.0 Å². The van der Waals surface area contributed by atoms with Crippen LogP contribution in [-0.4, -0.2) is 15.9 Å². The molecule has 0 atom stereocenters. The Morgan fingerprint density at radius 1 is 1.05 bits per heavy atom. The lowest BCUT2D eigenvalue weighted by Crippen LogP contribution is -1.96. The van der Waals surface area contributed by atoms with Crippen LogP contribution < -0.4 is 0 Å². The van der Waals surface area contributed by atoms with Gasteiger partial charge in [0.1, 0.15) is 0 Å². The minimum absolute atomic E-state index is 0.0554. The van der Waals surface area contributed by atoms with E-state index in [1.54, 1.807) is 0 Å². The lowest BCUT2D eigenvalue weighted by atomic mass is 9.95. The summed E-state index contributed by atoms with van der Waals surface area (Å²) in [4.78, 5) is 4.76. The standard InChI is InChI=1S/C18H15NO2/c1-2-4-13-11-5-3-6-12-16-10(7-8-15(20)18(16)21)9-14(19-13)17(11)12/h3,5-9,20-21H,2,4H2,1H3. The third-order valence-corrected chi connectivity index (χ3v) is 4.12. The number of hydrogen-bond donors (Lipinski definition) is 2. The van der Waals surface area contributed by atoms with Crippen LogP contribution in [0.5, 0.6) is 11.5 Å². The number of aliphatic imine (C=N–C) groups is 1. The second-order valence-electron chi connectivity index (χ2n) is 5.46. The first-order valence-electron chi connectivity index (χ1n) is 7.19. The molecule has 104 valence electrons. The van der Waals surface area contributed by atoms with E-state index in [0.29, 0.717) is 5.39 Å². The van der Waals surface area contributed by atoms with E-state index in [9.17, 15) is 10.2 Å². The molecule has 0 unspecified atom stereocenters. The topological polar surface area (TPSA) is 52.8 Å². The Hall–Kier alpha value is -2.55. The van der Waals surface area contributed by atoms with Gasteiger partial charge in [-0.15, -0.1) is 0 Å². The highest BCUT2D eigenvalue weighted by atomic mass is 16.3. The van der Waals surface area contributed by atoms with Crippen molar-refractivity contribution in [3.8, 4) is 11.5 Å². The third-order valence-electron chi connectivity index (χ3n) is 4.12. The fourth-order valence-electron chi connectivity index (χ4n) is 3.22. The van der Waals surface area contributed by atoms with E-state index in [-0.39, 0.29) is 11.5 Å². The minimum Gasteiger partial charge on any atom is -0.504 e. The molecule has 21 heavy (non-hydrogen) atoms. The molecule has 4 rings (SSSR count). The molecule has 1 aliphatic rings. The first kappa shape index (κ1) is 12.2. The number of phenols is 2. The van der Waals surface area contributed by atoms with Gasteiger partial charge in [-0.05, 0) is 29.3 Å². The summed E-state index contributed by atoms with van der Waals surface area (Å²) in [7, 11) is 0. The highest BCUT2D eigenvalue weighted by Gasteiger charge is 2.21. The van der Waals surface area contributed by atoms with Gasteiger partial charge in [-0.2, -0.15) is 0 Å². The van der Waals surface area contributed by atoms with E-state index < -0.39 is 0 Å². The normalized spacial score (nSPS) is 13.1. The molecule has 3 aromatic rings. The predicted molar refractivity (Wildman–Crippen MR) is 85.9 cm³/mol. The highest BCUT2D eigenvalue weighted by Crippen LogP contribution is 2.45. The maximum atomic E-state index is 10.2. The summed E-state index contributed by atoms with van der Waals surface area (Å²) in [6, 6.07) is 11.4. The summed E-state index contributed by atoms with van der Waals surface area (Å²) in [5, 5.41) is 23.6. The molecule has 1 aliphatic heterocycles. The summed E-state index contributed by atoms with van der Waals surface area (Å²) >= 11 is 0. The smallest absolute Gasteiger partial charge is 0.166 e. The molecule has 0 spiro atoms. The van der Waals surface area contributed by atoms with Crippen LogP contribution in [0.1, 0.15) is 25.3 Å². The maximum absolute atomic E-state index is 10.2. The Kier molecular flexibility index (Phi) is 2.45. The quantitative estimate of drug-likeness (QED) is 0.529. The van der Waals surface area contributed by atoms with Crippen molar-refractivity contribution in [2.45, 2.75) is 19.8 Å². The van der Waals surface area contributed by atoms with Crippen LogP contribution in [0.15, 0.2) is 41.4 Å². The largest absolute Gasteiger partial charge is 0.504 e. The number of nitrogens with zero attached hydrogens (tertiary/aromatic N) is 1. The number of aromatic hydroxyl groups is 2. The average Bonchev–Trinajstić information content (AvgIpc) is 2.83. The monoisotopic (exact) mass is 277 g/mol. The van der Waals surface area contributed by atoms with Crippen molar-refractivity contribution in [1.82, 2.24) is 0 Å². The summed E-state index contributed by atoms with van der Waals surface area (Å²) in [6.45, 7) is 2.14. The summed E-state index contributed by atoms with van der Waals surface area (Å²) in [5.41, 5.74) is 3.22. The number of benzene rings is 3. The predicted octanol–water partition coefficient (Wildman–Crippen LogP) is 4.64. The highest BCUT2D eigenvalue weighted by molar-refractivity contribution is 6.26. The van der Waals surface area contributed by atoms with Gasteiger partial charge in [0.15, 0.2) is 11.5 Å². The molecule has 3 nitrogen and oxygen atoms in total. The zero-order chi connectivity index (χ0) is 14.6. The zero-order valence-corrected chi connectivity index (χ0v) is 11.7. The molecule has 3 aromatic carbocycles. The molecule has 3 heteroatoms. The fraction of sp³-hybridized carbons (Fsp3) is 0.167. The Morgan fingerprint density at radius 3 is 2.71 bits per heavy atom. The van der Waals surface area contributed by atoms with E-state index in [1.807, 2.05) is 24.3 Å². The van der Waals surface area contributed by atoms with Gasteiger partial charge >= 0.3 is 0 Å². The SMILES string of the molecule is CCCC1=Nc2cc3ccc(O)c(O)c3c3cccc1c23. The minimum atomic E-state index is -0.0871. The molecule has 0 saturated carbocycles. The van der Waals surface area contributed by atoms with Crippen molar-refractivity contribution >= 4 is 32.9 Å². The molecule has 0 aromatic heterocycles. The second-order valence-corrected chi connectivity index (χ2v) is 5.46. The van der Waals surface area contributed by atoms with Crippen molar-refractivity contribution in [2.75, 3.05) is 0 Å². The van der Waals surface area contributed by atoms with Crippen molar-refractivity contribution < 1.29 is 10.2 Å². The Morgan fingerprint density at radius 2 is 1.90 bits per heavy atom. The number of phenolic OH excluding ortho intramolecular Hbond substituents is 2. The van der Waals surface area contributed by atoms with Crippen LogP contribution in [0.25, 0.3) is 21.5 Å². The van der Waals surface area contributed by atoms with E-state index >= 15 is 0 Å². The molecule has 0 bridgehead atoms. The van der Waals surface area contributed by atoms with Gasteiger partial charge < -0.3 is 10.2 Å². The maximum Gasteiger partial charge on any atom is 0.166 e. The van der Waals surface area contributed by atoms with Gasteiger partial charge in [0.05, 0.1) is 5.69 Å². The zero-order valence-electron chi connectivity index (χ0n) is 11.7. The summed E-state index contributed by atoms with van der Waals surface area (Å²) in [5.74, 6) is -0.143. The van der Waals surface area contributed by atoms with E-state index in [4.69, 9.17) is 4.99 Å². The number of rotatable bonds is 2. The van der Waals surface area contributed by atoms with Gasteiger partial charge in [-0.1, -0.05) is 37.6 Å². The van der Waals surface area contributed by atoms with Crippen LogP contribution in [0.3, 0.4) is 0 Å². The van der Waals surface area contributed by atoms with Crippen LogP contribution in [-0.2, 0) is 0 Å². The first-order valence-corrected chi connectivity index (χ1v) is 7.19. The Bertz CT molecular complexity index is 926. The molecule has 0 radical (unpaired) electrons. The summed E-state index contributed by atoms with van der Waals surface area (Å²) in [6.07, 6.45) is 2.00. The molecule has 0 fully saturated rings. The van der Waals surface area contributed by atoms with E-state index in [2.05, 4.69) is 13.0 Å². The van der Waals surface area contributed by atoms with Gasteiger partial charge in [0.2, 0.25) is 0 Å². The van der Waals surface area contributed by atoms with E-state index in [1.165, 1.54) is 6.07 Å². The summed E-state index contributed by atoms with van der Waals surface area (Å²) < 4.78 is 0. The third kappa shape index (κ3) is 1.57. The molecular weight excluding hydrogens is 262 g/mol. The van der Waals surface area contributed by atoms with Crippen molar-refractivity contribution in [1.29, 1.82) is 0 Å². The van der Waals surface area contributed by atoms with Crippen LogP contribution in [0, 0.1) is 0 Å². The van der Waals surface area contributed by atoms with Crippen molar-refractivity contribution in [2.24, 2.45) is 4.99 Å². The van der Waals surface area contributed by atoms with Crippen LogP contribution >= 0.6 is 0 Å². The second kappa shape index (κ2) is 4.22. The van der Waals surface area contributed by atoms with Gasteiger partial charge in [0, 0.05) is 22.0 Å². The Balaban J connectivity index is 2.18. The lowest BCUT2D eigenvalue weighted by molar-refractivity contribution is 0.408. The molecule has 0 aliphatic carbocycles. The molecule has 1 heterocycles. The molecule has 0 saturated heterocycles. The van der Waals surface area contributed by atoms with Crippen molar-refractivity contribution in [3.63, 3.8) is 0 Å². The van der Waals surface area contributed by atoms with Crippen LogP contribution in [0.4, 0.5) is 5.69 Å². The van der Waals surface area contributed by atoms with E-state index in [0.717, 1.165) is 46.0 Å². The number of hydrogen-bond acceptors (Lipinski definition) is 3. The first-order chi connectivity index (χ1) is 10.2. The van der Waals surface area contributed by atoms with Gasteiger partial charge in [-0.3, -0.25) is 4.99 Å². The lowest BCUT2D eigenvalue weighted by Gasteiger charge is -2.09. The van der Waals surface area contributed by atoms with Gasteiger partial charge in [-0.25, -0.2) is 0 Å². The fourth-order valence-corrected chi connectivity index (χ4v) is 3.22. The molecular formula is C18H15NO2. The van der Waals surface area contributed by atoms with Crippen LogP contribution in [0.2, 0.25) is 0 Å².